The summed E-state index contributed by atoms with van der Waals surface area (Å²) in [5.41, 5.74) is 1.02. The molecule has 11 heteroatoms. The molecular weight excluding hydrogens is 406 g/mol. The Hall–Kier alpha value is -3.57. The normalized spacial score (nSPS) is 12.3. The number of H-pyrrole nitrogens is 1. The lowest BCUT2D eigenvalue weighted by Crippen LogP contribution is -2.27. The molecule has 3 rings (SSSR count). The van der Waals surface area contributed by atoms with E-state index in [0.29, 0.717) is 12.3 Å². The number of carbonyl (C=O) groups is 1. The SMILES string of the molecule is COC=Nc1nc2c(ncn2COC(COCc2ccccc2)COC(C)=O)c(=O)[nH]1. The van der Waals surface area contributed by atoms with Crippen molar-refractivity contribution in [2.45, 2.75) is 26.4 Å². The minimum absolute atomic E-state index is 0.0149. The Balaban J connectivity index is 1.67. The number of hydrogen-bond acceptors (Lipinski definition) is 9. The lowest BCUT2D eigenvalue weighted by molar-refractivity contribution is -0.149. The highest BCUT2D eigenvalue weighted by atomic mass is 16.6. The summed E-state index contributed by atoms with van der Waals surface area (Å²) < 4.78 is 22.9. The minimum Gasteiger partial charge on any atom is -0.486 e. The predicted molar refractivity (Wildman–Crippen MR) is 111 cm³/mol. The maximum Gasteiger partial charge on any atom is 0.302 e. The number of aromatic nitrogens is 4. The highest BCUT2D eigenvalue weighted by molar-refractivity contribution is 5.70. The molecule has 0 aliphatic carbocycles. The molecule has 0 aliphatic rings. The van der Waals surface area contributed by atoms with Gasteiger partial charge in [0.05, 0.1) is 26.7 Å². The molecule has 0 spiro atoms. The van der Waals surface area contributed by atoms with E-state index in [9.17, 15) is 9.59 Å². The zero-order valence-electron chi connectivity index (χ0n) is 17.2. The van der Waals surface area contributed by atoms with E-state index in [-0.39, 0.29) is 31.4 Å². The Kier molecular flexibility index (Phi) is 7.85. The molecule has 2 aromatic heterocycles. The quantitative estimate of drug-likeness (QED) is 0.276. The highest BCUT2D eigenvalue weighted by Gasteiger charge is 2.15. The van der Waals surface area contributed by atoms with Crippen molar-refractivity contribution in [1.29, 1.82) is 0 Å². The van der Waals surface area contributed by atoms with E-state index in [1.54, 1.807) is 4.57 Å². The molecule has 1 atom stereocenters. The van der Waals surface area contributed by atoms with E-state index in [1.165, 1.54) is 20.4 Å². The molecule has 1 aromatic carbocycles. The molecule has 0 radical (unpaired) electrons. The number of nitrogens with one attached hydrogen (secondary N) is 1. The fourth-order valence-corrected chi connectivity index (χ4v) is 2.62. The molecule has 3 aromatic rings. The molecule has 11 nitrogen and oxygen atoms in total. The van der Waals surface area contributed by atoms with Crippen molar-refractivity contribution < 1.29 is 23.7 Å². The number of carbonyl (C=O) groups excluding carboxylic acids is 1. The second-order valence-corrected chi connectivity index (χ2v) is 6.47. The molecule has 164 valence electrons. The average Bonchev–Trinajstić information content (AvgIpc) is 3.18. The van der Waals surface area contributed by atoms with Crippen molar-refractivity contribution in [3.63, 3.8) is 0 Å². The number of rotatable bonds is 11. The number of ether oxygens (including phenoxy) is 4. The third-order valence-corrected chi connectivity index (χ3v) is 4.08. The Bertz CT molecular complexity index is 1080. The van der Waals surface area contributed by atoms with Gasteiger partial charge in [-0.25, -0.2) is 4.98 Å². The van der Waals surface area contributed by atoms with Gasteiger partial charge in [-0.15, -0.1) is 0 Å². The number of imidazole rings is 1. The lowest BCUT2D eigenvalue weighted by Gasteiger charge is -2.18. The van der Waals surface area contributed by atoms with Crippen molar-refractivity contribution >= 4 is 29.5 Å². The fourth-order valence-electron chi connectivity index (χ4n) is 2.62. The van der Waals surface area contributed by atoms with E-state index < -0.39 is 17.6 Å². The predicted octanol–water partition coefficient (Wildman–Crippen LogP) is 1.55. The van der Waals surface area contributed by atoms with Gasteiger partial charge in [0.15, 0.2) is 17.6 Å². The molecule has 31 heavy (non-hydrogen) atoms. The summed E-state index contributed by atoms with van der Waals surface area (Å²) in [6.07, 6.45) is 2.06. The van der Waals surface area contributed by atoms with Crippen LogP contribution in [0.25, 0.3) is 11.2 Å². The van der Waals surface area contributed by atoms with Crippen LogP contribution in [0.1, 0.15) is 12.5 Å². The van der Waals surface area contributed by atoms with E-state index in [0.717, 1.165) is 12.0 Å². The van der Waals surface area contributed by atoms with Crippen LogP contribution in [0.2, 0.25) is 0 Å². The van der Waals surface area contributed by atoms with Crippen LogP contribution in [0.5, 0.6) is 0 Å². The van der Waals surface area contributed by atoms with Crippen molar-refractivity contribution in [2.75, 3.05) is 20.3 Å². The first-order valence-corrected chi connectivity index (χ1v) is 9.44. The van der Waals surface area contributed by atoms with Crippen molar-refractivity contribution in [3.8, 4) is 0 Å². The second-order valence-electron chi connectivity index (χ2n) is 6.47. The zero-order valence-corrected chi connectivity index (χ0v) is 17.2. The van der Waals surface area contributed by atoms with Crippen LogP contribution in [-0.4, -0.2) is 58.3 Å². The molecule has 0 bridgehead atoms. The fraction of sp³-hybridized carbons (Fsp3) is 0.350. The summed E-state index contributed by atoms with van der Waals surface area (Å²) in [5, 5.41) is 0. The smallest absolute Gasteiger partial charge is 0.302 e. The van der Waals surface area contributed by atoms with E-state index in [2.05, 4.69) is 19.9 Å². The Morgan fingerprint density at radius 2 is 2.10 bits per heavy atom. The number of aromatic amines is 1. The van der Waals surface area contributed by atoms with Crippen LogP contribution in [0, 0.1) is 0 Å². The largest absolute Gasteiger partial charge is 0.486 e. The third-order valence-electron chi connectivity index (χ3n) is 4.08. The summed E-state index contributed by atoms with van der Waals surface area (Å²) in [6, 6.07) is 9.68. The summed E-state index contributed by atoms with van der Waals surface area (Å²) in [4.78, 5) is 38.1. The molecule has 0 aliphatic heterocycles. The van der Waals surface area contributed by atoms with Crippen LogP contribution in [0.3, 0.4) is 0 Å². The number of esters is 1. The molecule has 2 heterocycles. The van der Waals surface area contributed by atoms with Gasteiger partial charge in [0.2, 0.25) is 5.95 Å². The van der Waals surface area contributed by atoms with E-state index >= 15 is 0 Å². The van der Waals surface area contributed by atoms with Gasteiger partial charge in [-0.3, -0.25) is 19.1 Å². The van der Waals surface area contributed by atoms with Crippen LogP contribution in [0.4, 0.5) is 5.95 Å². The second kappa shape index (κ2) is 11.0. The highest BCUT2D eigenvalue weighted by Crippen LogP contribution is 2.11. The molecular formula is C20H23N5O6. The van der Waals surface area contributed by atoms with Crippen molar-refractivity contribution in [1.82, 2.24) is 19.5 Å². The number of hydrogen-bond donors (Lipinski definition) is 1. The van der Waals surface area contributed by atoms with Crippen molar-refractivity contribution in [3.05, 3.63) is 52.6 Å². The zero-order chi connectivity index (χ0) is 22.1. The lowest BCUT2D eigenvalue weighted by atomic mass is 10.2. The molecule has 0 saturated carbocycles. The van der Waals surface area contributed by atoms with E-state index in [1.807, 2.05) is 30.3 Å². The molecule has 1 unspecified atom stereocenters. The Morgan fingerprint density at radius 1 is 1.29 bits per heavy atom. The van der Waals surface area contributed by atoms with Crippen LogP contribution >= 0.6 is 0 Å². The molecule has 0 amide bonds. The summed E-state index contributed by atoms with van der Waals surface area (Å²) >= 11 is 0. The van der Waals surface area contributed by atoms with Gasteiger partial charge >= 0.3 is 5.97 Å². The maximum absolute atomic E-state index is 12.2. The summed E-state index contributed by atoms with van der Waals surface area (Å²) in [7, 11) is 1.43. The van der Waals surface area contributed by atoms with Gasteiger partial charge in [0.1, 0.15) is 19.4 Å². The first kappa shape index (κ1) is 22.1. The summed E-state index contributed by atoms with van der Waals surface area (Å²) in [5.74, 6) is -0.345. The van der Waals surface area contributed by atoms with Gasteiger partial charge in [-0.05, 0) is 5.56 Å². The maximum atomic E-state index is 12.2. The first-order valence-electron chi connectivity index (χ1n) is 9.44. The van der Waals surface area contributed by atoms with Crippen LogP contribution in [0.15, 0.2) is 46.4 Å². The van der Waals surface area contributed by atoms with Gasteiger partial charge < -0.3 is 18.9 Å². The number of nitrogens with zero attached hydrogens (tertiary/aromatic N) is 4. The minimum atomic E-state index is -0.530. The molecule has 0 saturated heterocycles. The average molecular weight is 429 g/mol. The van der Waals surface area contributed by atoms with Crippen LogP contribution in [-0.2, 0) is 37.1 Å². The van der Waals surface area contributed by atoms with Crippen molar-refractivity contribution in [2.24, 2.45) is 4.99 Å². The summed E-state index contributed by atoms with van der Waals surface area (Å²) in [6.45, 7) is 1.96. The van der Waals surface area contributed by atoms with Crippen LogP contribution < -0.4 is 5.56 Å². The molecule has 1 N–H and O–H groups in total. The standard InChI is InChI=1S/C20H23N5O6/c1-14(26)30-10-16(9-29-8-15-6-4-3-5-7-15)31-13-25-11-21-17-18(25)23-20(22-12-28-2)24-19(17)27/h3-7,11-12,16H,8-10,13H2,1-2H3,(H,23,24,27). The van der Waals surface area contributed by atoms with E-state index in [4.69, 9.17) is 18.9 Å². The van der Waals surface area contributed by atoms with Gasteiger partial charge in [0, 0.05) is 6.92 Å². The third kappa shape index (κ3) is 6.46. The Labute approximate surface area is 177 Å². The Morgan fingerprint density at radius 3 is 2.84 bits per heavy atom. The topological polar surface area (TPSA) is 130 Å². The first-order chi connectivity index (χ1) is 15.1. The number of fused-ring (bicyclic) bond motifs is 1. The number of aliphatic imine (C=N–C) groups is 1. The number of benzene rings is 1. The van der Waals surface area contributed by atoms with Gasteiger partial charge in [-0.2, -0.15) is 9.98 Å². The van der Waals surface area contributed by atoms with Gasteiger partial charge in [-0.1, -0.05) is 30.3 Å². The molecule has 0 fully saturated rings. The number of methoxy groups -OCH3 is 1. The van der Waals surface area contributed by atoms with Gasteiger partial charge in [0.25, 0.3) is 5.56 Å². The monoisotopic (exact) mass is 429 g/mol.